The molecule has 0 aliphatic carbocycles. The van der Waals surface area contributed by atoms with Gasteiger partial charge in [-0.25, -0.2) is 8.42 Å². The Morgan fingerprint density at radius 1 is 1.50 bits per heavy atom. The lowest BCUT2D eigenvalue weighted by molar-refractivity contribution is -0.140. The van der Waals surface area contributed by atoms with Crippen LogP contribution < -0.4 is 4.74 Å². The van der Waals surface area contributed by atoms with E-state index >= 15 is 0 Å². The maximum Gasteiger partial charge on any atom is 0.322 e. The van der Waals surface area contributed by atoms with Crippen LogP contribution in [-0.2, 0) is 14.8 Å². The lowest BCUT2D eigenvalue weighted by Gasteiger charge is -2.21. The fraction of sp³-hybridized carbons (Fsp3) is 0.417. The van der Waals surface area contributed by atoms with Gasteiger partial charge in [-0.1, -0.05) is 11.6 Å². The summed E-state index contributed by atoms with van der Waals surface area (Å²) in [6.07, 6.45) is 0.813. The van der Waals surface area contributed by atoms with Gasteiger partial charge in [0.1, 0.15) is 16.7 Å². The molecule has 0 amide bonds. The predicted octanol–water partition coefficient (Wildman–Crippen LogP) is 1.59. The van der Waals surface area contributed by atoms with Gasteiger partial charge in [-0.3, -0.25) is 4.79 Å². The van der Waals surface area contributed by atoms with E-state index in [1.807, 2.05) is 0 Å². The average molecular weight is 320 g/mol. The van der Waals surface area contributed by atoms with Gasteiger partial charge >= 0.3 is 5.97 Å². The molecule has 20 heavy (non-hydrogen) atoms. The van der Waals surface area contributed by atoms with Crippen molar-refractivity contribution in [3.05, 3.63) is 23.2 Å². The molecular weight excluding hydrogens is 306 g/mol. The SMILES string of the molecule is COc1ccc(Cl)c(S(=O)(=O)N2CCC[C@@H]2C(=O)O)c1. The number of benzene rings is 1. The van der Waals surface area contributed by atoms with E-state index in [-0.39, 0.29) is 16.5 Å². The van der Waals surface area contributed by atoms with E-state index in [2.05, 4.69) is 0 Å². The van der Waals surface area contributed by atoms with Gasteiger partial charge in [0.2, 0.25) is 10.0 Å². The number of halogens is 1. The zero-order chi connectivity index (χ0) is 14.9. The molecule has 8 heteroatoms. The van der Waals surface area contributed by atoms with E-state index < -0.39 is 22.0 Å². The molecule has 1 aromatic rings. The summed E-state index contributed by atoms with van der Waals surface area (Å²) in [6, 6.07) is 3.22. The van der Waals surface area contributed by atoms with Crippen LogP contribution in [0.1, 0.15) is 12.8 Å². The third-order valence-electron chi connectivity index (χ3n) is 3.21. The van der Waals surface area contributed by atoms with Gasteiger partial charge < -0.3 is 9.84 Å². The summed E-state index contributed by atoms with van der Waals surface area (Å²) in [4.78, 5) is 11.0. The maximum absolute atomic E-state index is 12.6. The molecule has 1 aliphatic rings. The Bertz CT molecular complexity index is 631. The fourth-order valence-electron chi connectivity index (χ4n) is 2.21. The van der Waals surface area contributed by atoms with Crippen LogP contribution in [0.15, 0.2) is 23.1 Å². The zero-order valence-electron chi connectivity index (χ0n) is 10.7. The van der Waals surface area contributed by atoms with Crippen LogP contribution in [0.5, 0.6) is 5.75 Å². The van der Waals surface area contributed by atoms with Crippen LogP contribution in [0.3, 0.4) is 0 Å². The van der Waals surface area contributed by atoms with Crippen LogP contribution in [0.25, 0.3) is 0 Å². The first-order chi connectivity index (χ1) is 9.37. The Kier molecular flexibility index (Phi) is 4.22. The minimum Gasteiger partial charge on any atom is -0.497 e. The first-order valence-corrected chi connectivity index (χ1v) is 7.78. The number of ether oxygens (including phenoxy) is 1. The van der Waals surface area contributed by atoms with Gasteiger partial charge in [-0.15, -0.1) is 0 Å². The maximum atomic E-state index is 12.6. The Balaban J connectivity index is 2.47. The Morgan fingerprint density at radius 3 is 2.80 bits per heavy atom. The van der Waals surface area contributed by atoms with Crippen LogP contribution in [0.4, 0.5) is 0 Å². The Hall–Kier alpha value is -1.31. The lowest BCUT2D eigenvalue weighted by atomic mass is 10.2. The lowest BCUT2D eigenvalue weighted by Crippen LogP contribution is -2.40. The van der Waals surface area contributed by atoms with Gasteiger partial charge in [0.25, 0.3) is 0 Å². The monoisotopic (exact) mass is 319 g/mol. The molecule has 1 aromatic carbocycles. The van der Waals surface area contributed by atoms with E-state index in [0.29, 0.717) is 18.6 Å². The number of hydrogen-bond donors (Lipinski definition) is 1. The molecule has 110 valence electrons. The molecule has 1 heterocycles. The largest absolute Gasteiger partial charge is 0.497 e. The van der Waals surface area contributed by atoms with Gasteiger partial charge in [0.05, 0.1) is 12.1 Å². The second-order valence-electron chi connectivity index (χ2n) is 4.41. The average Bonchev–Trinajstić information content (AvgIpc) is 2.89. The molecule has 0 saturated carbocycles. The number of carboxylic acids is 1. The summed E-state index contributed by atoms with van der Waals surface area (Å²) in [7, 11) is -2.54. The summed E-state index contributed by atoms with van der Waals surface area (Å²) < 4.78 is 31.1. The highest BCUT2D eigenvalue weighted by Gasteiger charge is 2.40. The van der Waals surface area contributed by atoms with Crippen LogP contribution >= 0.6 is 11.6 Å². The summed E-state index contributed by atoms with van der Waals surface area (Å²) in [5, 5.41) is 9.14. The molecule has 6 nitrogen and oxygen atoms in total. The molecule has 0 aromatic heterocycles. The van der Waals surface area contributed by atoms with E-state index in [0.717, 1.165) is 4.31 Å². The minimum atomic E-state index is -3.96. The first kappa shape index (κ1) is 15.1. The summed E-state index contributed by atoms with van der Waals surface area (Å²) >= 11 is 5.93. The number of methoxy groups -OCH3 is 1. The highest BCUT2D eigenvalue weighted by Crippen LogP contribution is 2.32. The predicted molar refractivity (Wildman–Crippen MR) is 72.6 cm³/mol. The van der Waals surface area contributed by atoms with Crippen molar-refractivity contribution in [3.8, 4) is 5.75 Å². The summed E-state index contributed by atoms with van der Waals surface area (Å²) in [6.45, 7) is 0.173. The van der Waals surface area contributed by atoms with Crippen LogP contribution in [-0.4, -0.2) is 43.5 Å². The molecule has 1 saturated heterocycles. The van der Waals surface area contributed by atoms with Gasteiger partial charge in [-0.05, 0) is 25.0 Å². The number of nitrogens with zero attached hydrogens (tertiary/aromatic N) is 1. The van der Waals surface area contributed by atoms with Crippen LogP contribution in [0.2, 0.25) is 5.02 Å². The number of rotatable bonds is 4. The molecule has 1 aliphatic heterocycles. The van der Waals surface area contributed by atoms with Crippen molar-refractivity contribution in [1.29, 1.82) is 0 Å². The van der Waals surface area contributed by atoms with E-state index in [1.54, 1.807) is 6.07 Å². The van der Waals surface area contributed by atoms with Crippen molar-refractivity contribution < 1.29 is 23.1 Å². The van der Waals surface area contributed by atoms with Crippen molar-refractivity contribution in [2.75, 3.05) is 13.7 Å². The number of hydrogen-bond acceptors (Lipinski definition) is 4. The first-order valence-electron chi connectivity index (χ1n) is 5.96. The second kappa shape index (κ2) is 5.59. The highest BCUT2D eigenvalue weighted by molar-refractivity contribution is 7.89. The molecule has 1 fully saturated rings. The molecule has 0 bridgehead atoms. The molecule has 1 N–H and O–H groups in total. The van der Waals surface area contributed by atoms with Crippen molar-refractivity contribution >= 4 is 27.6 Å². The fourth-order valence-corrected chi connectivity index (χ4v) is 4.35. The number of carbonyl (C=O) groups is 1. The van der Waals surface area contributed by atoms with Gasteiger partial charge in [0.15, 0.2) is 0 Å². The molecule has 0 radical (unpaired) electrons. The van der Waals surface area contributed by atoms with Crippen LogP contribution in [0, 0.1) is 0 Å². The topological polar surface area (TPSA) is 83.9 Å². The van der Waals surface area contributed by atoms with Crippen molar-refractivity contribution in [2.24, 2.45) is 0 Å². The standard InChI is InChI=1S/C12H14ClNO5S/c1-19-8-4-5-9(13)11(7-8)20(17,18)14-6-2-3-10(14)12(15)16/h4-5,7,10H,2-3,6H2,1H3,(H,15,16)/t10-/m1/s1. The quantitative estimate of drug-likeness (QED) is 0.911. The minimum absolute atomic E-state index is 0.0434. The van der Waals surface area contributed by atoms with E-state index in [1.165, 1.54) is 19.2 Å². The third-order valence-corrected chi connectivity index (χ3v) is 5.60. The number of carboxylic acid groups (broad SMARTS) is 1. The molecule has 0 spiro atoms. The van der Waals surface area contributed by atoms with Crippen molar-refractivity contribution in [3.63, 3.8) is 0 Å². The smallest absolute Gasteiger partial charge is 0.322 e. The van der Waals surface area contributed by atoms with E-state index in [9.17, 15) is 13.2 Å². The summed E-state index contributed by atoms with van der Waals surface area (Å²) in [5.41, 5.74) is 0. The molecular formula is C12H14ClNO5S. The highest BCUT2D eigenvalue weighted by atomic mass is 35.5. The molecule has 2 rings (SSSR count). The molecule has 0 unspecified atom stereocenters. The number of sulfonamides is 1. The van der Waals surface area contributed by atoms with Crippen molar-refractivity contribution in [2.45, 2.75) is 23.8 Å². The number of aliphatic carboxylic acids is 1. The van der Waals surface area contributed by atoms with Gasteiger partial charge in [-0.2, -0.15) is 4.31 Å². The second-order valence-corrected chi connectivity index (χ2v) is 6.67. The Morgan fingerprint density at radius 2 is 2.20 bits per heavy atom. The molecule has 1 atom stereocenters. The zero-order valence-corrected chi connectivity index (χ0v) is 12.3. The third kappa shape index (κ3) is 2.61. The van der Waals surface area contributed by atoms with Gasteiger partial charge in [0, 0.05) is 12.6 Å². The van der Waals surface area contributed by atoms with E-state index in [4.69, 9.17) is 21.4 Å². The Labute approximate surface area is 122 Å². The normalized spacial score (nSPS) is 20.0. The summed E-state index contributed by atoms with van der Waals surface area (Å²) in [5.74, 6) is -0.802. The van der Waals surface area contributed by atoms with Crippen molar-refractivity contribution in [1.82, 2.24) is 4.31 Å².